The van der Waals surface area contributed by atoms with Crippen molar-refractivity contribution in [3.63, 3.8) is 0 Å². The Bertz CT molecular complexity index is 372. The van der Waals surface area contributed by atoms with Crippen LogP contribution in [0, 0.1) is 18.8 Å². The summed E-state index contributed by atoms with van der Waals surface area (Å²) >= 11 is 3.92. The lowest BCUT2D eigenvalue weighted by molar-refractivity contribution is 0.263. The second-order valence-electron chi connectivity index (χ2n) is 5.87. The lowest BCUT2D eigenvalue weighted by Crippen LogP contribution is -2.27. The average Bonchev–Trinajstić information content (AvgIpc) is 2.36. The maximum Gasteiger partial charge on any atom is 0.0177 e. The van der Waals surface area contributed by atoms with Crippen molar-refractivity contribution in [1.29, 1.82) is 0 Å². The van der Waals surface area contributed by atoms with Gasteiger partial charge in [-0.3, -0.25) is 0 Å². The predicted octanol–water partition coefficient (Wildman–Crippen LogP) is 5.52. The fourth-order valence-electron chi connectivity index (χ4n) is 3.33. The number of hydrogen-bond acceptors (Lipinski definition) is 0. The monoisotopic (exact) mass is 308 g/mol. The second kappa shape index (κ2) is 6.75. The van der Waals surface area contributed by atoms with Gasteiger partial charge in [-0.1, -0.05) is 60.0 Å². The van der Waals surface area contributed by atoms with Gasteiger partial charge in [-0.05, 0) is 55.6 Å². The highest BCUT2D eigenvalue weighted by atomic mass is 79.9. The van der Waals surface area contributed by atoms with Crippen molar-refractivity contribution in [3.05, 3.63) is 35.4 Å². The smallest absolute Gasteiger partial charge is 0.0177 e. The van der Waals surface area contributed by atoms with Crippen LogP contribution >= 0.6 is 15.9 Å². The summed E-state index contributed by atoms with van der Waals surface area (Å²) in [4.78, 5) is 0.727. The molecule has 3 unspecified atom stereocenters. The average molecular weight is 309 g/mol. The van der Waals surface area contributed by atoms with Crippen LogP contribution in [-0.4, -0.2) is 4.83 Å². The summed E-state index contributed by atoms with van der Waals surface area (Å²) in [6.45, 7) is 4.56. The van der Waals surface area contributed by atoms with E-state index in [9.17, 15) is 0 Å². The Labute approximate surface area is 120 Å². The summed E-state index contributed by atoms with van der Waals surface area (Å²) in [6, 6.07) is 8.87. The summed E-state index contributed by atoms with van der Waals surface area (Å²) < 4.78 is 0. The quantitative estimate of drug-likeness (QED) is 0.643. The molecule has 0 amide bonds. The van der Waals surface area contributed by atoms with E-state index in [1.165, 1.54) is 44.1 Å². The number of alkyl halides is 1. The maximum absolute atomic E-state index is 3.92. The molecule has 1 aliphatic rings. The first kappa shape index (κ1) is 14.1. The van der Waals surface area contributed by atoms with Gasteiger partial charge in [-0.2, -0.15) is 0 Å². The molecule has 0 spiro atoms. The lowest BCUT2D eigenvalue weighted by atomic mass is 9.76. The van der Waals surface area contributed by atoms with Crippen molar-refractivity contribution < 1.29 is 0 Å². The van der Waals surface area contributed by atoms with Crippen LogP contribution in [0.1, 0.15) is 50.2 Å². The molecule has 1 fully saturated rings. The molecule has 0 aliphatic heterocycles. The molecule has 1 aromatic rings. The van der Waals surface area contributed by atoms with E-state index < -0.39 is 0 Å². The van der Waals surface area contributed by atoms with E-state index in [2.05, 4.69) is 54.0 Å². The van der Waals surface area contributed by atoms with E-state index in [0.29, 0.717) is 0 Å². The fraction of sp³-hybridized carbons (Fsp3) is 0.647. The van der Waals surface area contributed by atoms with Crippen molar-refractivity contribution >= 4 is 15.9 Å². The van der Waals surface area contributed by atoms with Gasteiger partial charge >= 0.3 is 0 Å². The van der Waals surface area contributed by atoms with Crippen molar-refractivity contribution in [2.45, 2.75) is 57.2 Å². The molecule has 18 heavy (non-hydrogen) atoms. The third kappa shape index (κ3) is 3.60. The molecule has 0 nitrogen and oxygen atoms in total. The second-order valence-corrected chi connectivity index (χ2v) is 7.05. The number of halogens is 1. The molecule has 2 rings (SSSR count). The summed E-state index contributed by atoms with van der Waals surface area (Å²) in [5.74, 6) is 1.80. The Morgan fingerprint density at radius 2 is 2.00 bits per heavy atom. The molecule has 1 saturated carbocycles. The van der Waals surface area contributed by atoms with Gasteiger partial charge < -0.3 is 0 Å². The Kier molecular flexibility index (Phi) is 5.29. The van der Waals surface area contributed by atoms with Gasteiger partial charge in [0.15, 0.2) is 0 Å². The molecule has 0 aromatic heterocycles. The minimum atomic E-state index is 0.727. The van der Waals surface area contributed by atoms with Gasteiger partial charge in [-0.15, -0.1) is 0 Å². The Balaban J connectivity index is 2.00. The van der Waals surface area contributed by atoms with Crippen LogP contribution in [0.5, 0.6) is 0 Å². The highest BCUT2D eigenvalue weighted by molar-refractivity contribution is 9.09. The first-order chi connectivity index (χ1) is 8.70. The predicted molar refractivity (Wildman–Crippen MR) is 83.3 cm³/mol. The minimum Gasteiger partial charge on any atom is -0.0888 e. The number of benzene rings is 1. The maximum atomic E-state index is 3.92. The molecule has 3 atom stereocenters. The zero-order chi connectivity index (χ0) is 13.0. The topological polar surface area (TPSA) is 0 Å². The van der Waals surface area contributed by atoms with Gasteiger partial charge in [0.2, 0.25) is 0 Å². The fourth-order valence-corrected chi connectivity index (χ4v) is 3.99. The van der Waals surface area contributed by atoms with Crippen LogP contribution in [0.2, 0.25) is 0 Å². The highest BCUT2D eigenvalue weighted by Crippen LogP contribution is 2.38. The van der Waals surface area contributed by atoms with Gasteiger partial charge in [0.1, 0.15) is 0 Å². The Morgan fingerprint density at radius 3 is 2.72 bits per heavy atom. The van der Waals surface area contributed by atoms with Crippen LogP contribution in [0.3, 0.4) is 0 Å². The SMILES string of the molecule is CCCC1CCC(Br)C(Cc2ccccc2C)C1. The van der Waals surface area contributed by atoms with Crippen LogP contribution in [0.4, 0.5) is 0 Å². The van der Waals surface area contributed by atoms with Crippen molar-refractivity contribution in [2.75, 3.05) is 0 Å². The molecule has 100 valence electrons. The molecular formula is C17H25Br. The first-order valence-electron chi connectivity index (χ1n) is 7.39. The zero-order valence-corrected chi connectivity index (χ0v) is 13.2. The normalized spacial score (nSPS) is 28.3. The molecule has 1 heteroatoms. The molecule has 0 heterocycles. The van der Waals surface area contributed by atoms with Gasteiger partial charge in [0.05, 0.1) is 0 Å². The standard InChI is InChI=1S/C17H25Br/c1-3-6-14-9-10-17(18)16(11-14)12-15-8-5-4-7-13(15)2/h4-5,7-8,14,16-17H,3,6,9-12H2,1-2H3. The van der Waals surface area contributed by atoms with Crippen LogP contribution in [0.25, 0.3) is 0 Å². The number of aryl methyl sites for hydroxylation is 1. The third-order valence-corrected chi connectivity index (χ3v) is 5.64. The first-order valence-corrected chi connectivity index (χ1v) is 8.30. The third-order valence-electron chi connectivity index (χ3n) is 4.44. The van der Waals surface area contributed by atoms with Gasteiger partial charge in [0.25, 0.3) is 0 Å². The number of rotatable bonds is 4. The van der Waals surface area contributed by atoms with E-state index in [0.717, 1.165) is 16.7 Å². The molecule has 1 aromatic carbocycles. The van der Waals surface area contributed by atoms with Crippen molar-refractivity contribution in [1.82, 2.24) is 0 Å². The van der Waals surface area contributed by atoms with Crippen LogP contribution in [0.15, 0.2) is 24.3 Å². The summed E-state index contributed by atoms with van der Waals surface area (Å²) in [5, 5.41) is 0. The largest absolute Gasteiger partial charge is 0.0888 e. The lowest BCUT2D eigenvalue weighted by Gasteiger charge is -2.33. The molecule has 0 radical (unpaired) electrons. The van der Waals surface area contributed by atoms with Gasteiger partial charge in [-0.25, -0.2) is 0 Å². The van der Waals surface area contributed by atoms with Crippen LogP contribution in [-0.2, 0) is 6.42 Å². The van der Waals surface area contributed by atoms with E-state index in [1.54, 1.807) is 5.56 Å². The van der Waals surface area contributed by atoms with E-state index in [-0.39, 0.29) is 0 Å². The molecular weight excluding hydrogens is 284 g/mol. The molecule has 1 aliphatic carbocycles. The molecule has 0 saturated heterocycles. The summed E-state index contributed by atoms with van der Waals surface area (Å²) in [7, 11) is 0. The van der Waals surface area contributed by atoms with E-state index >= 15 is 0 Å². The summed E-state index contributed by atoms with van der Waals surface area (Å²) in [5.41, 5.74) is 3.00. The van der Waals surface area contributed by atoms with Crippen molar-refractivity contribution in [3.8, 4) is 0 Å². The van der Waals surface area contributed by atoms with E-state index in [4.69, 9.17) is 0 Å². The zero-order valence-electron chi connectivity index (χ0n) is 11.7. The summed E-state index contributed by atoms with van der Waals surface area (Å²) in [6.07, 6.45) is 8.22. The highest BCUT2D eigenvalue weighted by Gasteiger charge is 2.28. The molecule has 0 N–H and O–H groups in total. The number of hydrogen-bond donors (Lipinski definition) is 0. The minimum absolute atomic E-state index is 0.727. The van der Waals surface area contributed by atoms with Gasteiger partial charge in [0, 0.05) is 4.83 Å². The Morgan fingerprint density at radius 1 is 1.22 bits per heavy atom. The molecule has 0 bridgehead atoms. The van der Waals surface area contributed by atoms with Crippen molar-refractivity contribution in [2.24, 2.45) is 11.8 Å². The van der Waals surface area contributed by atoms with E-state index in [1.807, 2.05) is 0 Å². The Hall–Kier alpha value is -0.300. The van der Waals surface area contributed by atoms with Crippen LogP contribution < -0.4 is 0 Å².